The predicted molar refractivity (Wildman–Crippen MR) is 112 cm³/mol. The first kappa shape index (κ1) is 20.5. The number of nitrogens with zero attached hydrogens (tertiary/aromatic N) is 1. The Morgan fingerprint density at radius 1 is 1.10 bits per heavy atom. The van der Waals surface area contributed by atoms with Gasteiger partial charge in [0.1, 0.15) is 11.5 Å². The van der Waals surface area contributed by atoms with Crippen molar-refractivity contribution in [3.63, 3.8) is 0 Å². The van der Waals surface area contributed by atoms with Crippen LogP contribution in [0.3, 0.4) is 0 Å². The number of ether oxygens (including phenoxy) is 1. The first-order valence-corrected chi connectivity index (χ1v) is 9.57. The van der Waals surface area contributed by atoms with Crippen molar-refractivity contribution in [2.45, 2.75) is 6.92 Å². The van der Waals surface area contributed by atoms with Crippen molar-refractivity contribution in [3.05, 3.63) is 42.5 Å². The molecule has 1 saturated heterocycles. The second-order valence-corrected chi connectivity index (χ2v) is 7.07. The smallest absolute Gasteiger partial charge is 0.279 e. The average Bonchev–Trinajstić information content (AvgIpc) is 2.69. The third-order valence-corrected chi connectivity index (χ3v) is 4.89. The number of methoxy groups -OCH3 is 1. The molecule has 0 saturated carbocycles. The Labute approximate surface area is 170 Å². The van der Waals surface area contributed by atoms with Gasteiger partial charge in [-0.1, -0.05) is 0 Å². The van der Waals surface area contributed by atoms with Gasteiger partial charge in [0.25, 0.3) is 5.91 Å². The van der Waals surface area contributed by atoms with Gasteiger partial charge in [-0.15, -0.1) is 0 Å². The second-order valence-electron chi connectivity index (χ2n) is 7.07. The van der Waals surface area contributed by atoms with Crippen molar-refractivity contribution in [1.29, 1.82) is 0 Å². The molecule has 8 nitrogen and oxygen atoms in total. The van der Waals surface area contributed by atoms with Gasteiger partial charge in [-0.05, 0) is 42.5 Å². The summed E-state index contributed by atoms with van der Waals surface area (Å²) in [5.74, 6) is 0.520. The number of phenolic OH excluding ortho intramolecular Hbond substituents is 1. The summed E-state index contributed by atoms with van der Waals surface area (Å²) in [6.07, 6.45) is 0. The van der Waals surface area contributed by atoms with Gasteiger partial charge in [-0.2, -0.15) is 0 Å². The van der Waals surface area contributed by atoms with Gasteiger partial charge in [0.15, 0.2) is 6.54 Å². The van der Waals surface area contributed by atoms with E-state index in [9.17, 15) is 14.7 Å². The highest BCUT2D eigenvalue weighted by Gasteiger charge is 2.23. The minimum absolute atomic E-state index is 0.101. The van der Waals surface area contributed by atoms with E-state index in [1.165, 1.54) is 18.9 Å². The number of hydrogen-bond acceptors (Lipinski definition) is 5. The second kappa shape index (κ2) is 9.29. The summed E-state index contributed by atoms with van der Waals surface area (Å²) in [7, 11) is 1.54. The lowest BCUT2D eigenvalue weighted by molar-refractivity contribution is -0.892. The number of anilines is 3. The first-order valence-electron chi connectivity index (χ1n) is 9.57. The largest absolute Gasteiger partial charge is 0.508 e. The standard InChI is InChI=1S/C21H26N4O4/c1-15(26)22-16-3-8-20(29-2)19(13-16)23-21(28)14-24-9-11-25(12-10-24)17-4-6-18(27)7-5-17/h3-8,13,27H,9-12,14H2,1-2H3,(H,22,26)(H,23,28)/p+1. The van der Waals surface area contributed by atoms with Gasteiger partial charge in [0.05, 0.1) is 39.0 Å². The molecule has 0 radical (unpaired) electrons. The molecule has 154 valence electrons. The molecule has 0 aliphatic carbocycles. The van der Waals surface area contributed by atoms with E-state index >= 15 is 0 Å². The Balaban J connectivity index is 1.55. The number of piperazine rings is 1. The summed E-state index contributed by atoms with van der Waals surface area (Å²) in [5.41, 5.74) is 2.21. The summed E-state index contributed by atoms with van der Waals surface area (Å²) in [4.78, 5) is 27.3. The van der Waals surface area contributed by atoms with Crippen molar-refractivity contribution in [1.82, 2.24) is 0 Å². The fourth-order valence-electron chi connectivity index (χ4n) is 3.43. The molecule has 4 N–H and O–H groups in total. The highest BCUT2D eigenvalue weighted by molar-refractivity contribution is 5.95. The van der Waals surface area contributed by atoms with E-state index in [1.54, 1.807) is 30.3 Å². The molecule has 2 amide bonds. The Kier molecular flexibility index (Phi) is 6.56. The third kappa shape index (κ3) is 5.61. The van der Waals surface area contributed by atoms with Gasteiger partial charge in [-0.25, -0.2) is 0 Å². The average molecular weight is 399 g/mol. The summed E-state index contributed by atoms with van der Waals surface area (Å²) >= 11 is 0. The van der Waals surface area contributed by atoms with Crippen molar-refractivity contribution in [2.24, 2.45) is 0 Å². The molecule has 3 rings (SSSR count). The fraction of sp³-hybridized carbons (Fsp3) is 0.333. The number of aromatic hydroxyl groups is 1. The highest BCUT2D eigenvalue weighted by atomic mass is 16.5. The lowest BCUT2D eigenvalue weighted by atomic mass is 10.2. The van der Waals surface area contributed by atoms with E-state index in [0.29, 0.717) is 23.7 Å². The summed E-state index contributed by atoms with van der Waals surface area (Å²) in [5, 5.41) is 15.0. The number of nitrogens with one attached hydrogen (secondary N) is 3. The number of quaternary nitrogens is 1. The third-order valence-electron chi connectivity index (χ3n) is 4.89. The van der Waals surface area contributed by atoms with Crippen LogP contribution in [-0.2, 0) is 9.59 Å². The topological polar surface area (TPSA) is 95.3 Å². The molecule has 0 spiro atoms. The van der Waals surface area contributed by atoms with Crippen LogP contribution < -0.4 is 25.2 Å². The predicted octanol–water partition coefficient (Wildman–Crippen LogP) is 0.703. The molecule has 0 bridgehead atoms. The van der Waals surface area contributed by atoms with E-state index in [1.807, 2.05) is 12.1 Å². The molecular formula is C21H27N4O4+. The van der Waals surface area contributed by atoms with Crippen LogP contribution in [0.2, 0.25) is 0 Å². The van der Waals surface area contributed by atoms with Crippen LogP contribution in [0.25, 0.3) is 0 Å². The van der Waals surface area contributed by atoms with Crippen LogP contribution >= 0.6 is 0 Å². The van der Waals surface area contributed by atoms with E-state index < -0.39 is 0 Å². The number of benzene rings is 2. The number of phenols is 1. The fourth-order valence-corrected chi connectivity index (χ4v) is 3.43. The highest BCUT2D eigenvalue weighted by Crippen LogP contribution is 2.27. The Hall–Kier alpha value is -3.26. The quantitative estimate of drug-likeness (QED) is 0.574. The molecule has 1 heterocycles. The van der Waals surface area contributed by atoms with E-state index in [0.717, 1.165) is 31.9 Å². The zero-order valence-electron chi connectivity index (χ0n) is 16.7. The molecule has 2 aromatic carbocycles. The number of carbonyl (C=O) groups is 2. The van der Waals surface area contributed by atoms with Crippen LogP contribution in [0.5, 0.6) is 11.5 Å². The molecule has 0 unspecified atom stereocenters. The van der Waals surface area contributed by atoms with Crippen LogP contribution in [0.1, 0.15) is 6.92 Å². The van der Waals surface area contributed by atoms with E-state index in [4.69, 9.17) is 4.74 Å². The Morgan fingerprint density at radius 3 is 2.41 bits per heavy atom. The molecule has 0 atom stereocenters. The lowest BCUT2D eigenvalue weighted by Crippen LogP contribution is -3.15. The van der Waals surface area contributed by atoms with Crippen molar-refractivity contribution < 1.29 is 24.3 Å². The van der Waals surface area contributed by atoms with Crippen LogP contribution in [0.15, 0.2) is 42.5 Å². The Morgan fingerprint density at radius 2 is 1.79 bits per heavy atom. The van der Waals surface area contributed by atoms with Crippen molar-refractivity contribution in [2.75, 3.05) is 55.4 Å². The number of carbonyl (C=O) groups excluding carboxylic acids is 2. The maximum absolute atomic E-state index is 12.6. The van der Waals surface area contributed by atoms with Gasteiger partial charge in [0.2, 0.25) is 5.91 Å². The molecular weight excluding hydrogens is 372 g/mol. The normalized spacial score (nSPS) is 14.3. The molecule has 2 aromatic rings. The molecule has 1 aliphatic heterocycles. The summed E-state index contributed by atoms with van der Waals surface area (Å²) in [6.45, 7) is 5.17. The first-order chi connectivity index (χ1) is 13.9. The van der Waals surface area contributed by atoms with Crippen LogP contribution in [0, 0.1) is 0 Å². The van der Waals surface area contributed by atoms with Crippen LogP contribution in [0.4, 0.5) is 17.1 Å². The zero-order chi connectivity index (χ0) is 20.8. The maximum atomic E-state index is 12.6. The van der Waals surface area contributed by atoms with Gasteiger partial charge < -0.3 is 30.3 Å². The molecule has 29 heavy (non-hydrogen) atoms. The lowest BCUT2D eigenvalue weighted by Gasteiger charge is -2.33. The number of amides is 2. The van der Waals surface area contributed by atoms with E-state index in [2.05, 4.69) is 15.5 Å². The minimum Gasteiger partial charge on any atom is -0.508 e. The molecule has 1 aliphatic rings. The number of rotatable bonds is 6. The van der Waals surface area contributed by atoms with Crippen molar-refractivity contribution >= 4 is 28.9 Å². The van der Waals surface area contributed by atoms with Gasteiger partial charge in [0, 0.05) is 18.3 Å². The SMILES string of the molecule is COc1ccc(NC(C)=O)cc1NC(=O)C[NH+]1CCN(c2ccc(O)cc2)CC1. The Bertz CT molecular complexity index is 861. The summed E-state index contributed by atoms with van der Waals surface area (Å²) in [6, 6.07) is 12.3. The van der Waals surface area contributed by atoms with E-state index in [-0.39, 0.29) is 17.6 Å². The van der Waals surface area contributed by atoms with Crippen LogP contribution in [-0.4, -0.2) is 56.8 Å². The maximum Gasteiger partial charge on any atom is 0.279 e. The zero-order valence-corrected chi connectivity index (χ0v) is 16.7. The molecule has 0 aromatic heterocycles. The van der Waals surface area contributed by atoms with Crippen molar-refractivity contribution in [3.8, 4) is 11.5 Å². The molecule has 1 fully saturated rings. The minimum atomic E-state index is -0.177. The monoisotopic (exact) mass is 399 g/mol. The van der Waals surface area contributed by atoms with Gasteiger partial charge >= 0.3 is 0 Å². The molecule has 8 heteroatoms. The number of hydrogen-bond donors (Lipinski definition) is 4. The summed E-state index contributed by atoms with van der Waals surface area (Å²) < 4.78 is 5.31. The van der Waals surface area contributed by atoms with Gasteiger partial charge in [-0.3, -0.25) is 9.59 Å².